The minimum Gasteiger partial charge on any atom is -0.484 e. The largest absolute Gasteiger partial charge is 0.484 e. The summed E-state index contributed by atoms with van der Waals surface area (Å²) in [6.45, 7) is 5.91. The van der Waals surface area contributed by atoms with E-state index in [1.165, 1.54) is 4.90 Å². The summed E-state index contributed by atoms with van der Waals surface area (Å²) in [6, 6.07) is 6.87. The summed E-state index contributed by atoms with van der Waals surface area (Å²) >= 11 is 0. The van der Waals surface area contributed by atoms with Crippen LogP contribution in [0, 0.1) is 6.92 Å². The molecule has 3 heterocycles. The number of hydrogen-bond donors (Lipinski definition) is 2. The molecular formula is C23H29N7O3. The van der Waals surface area contributed by atoms with E-state index in [1.54, 1.807) is 44.7 Å². The van der Waals surface area contributed by atoms with Gasteiger partial charge in [-0.25, -0.2) is 14.8 Å². The number of ether oxygens (including phenoxy) is 1. The lowest BCUT2D eigenvalue weighted by Crippen LogP contribution is -2.55. The van der Waals surface area contributed by atoms with Gasteiger partial charge >= 0.3 is 6.03 Å². The summed E-state index contributed by atoms with van der Waals surface area (Å²) < 4.78 is 5.54. The predicted octanol–water partition coefficient (Wildman–Crippen LogP) is 2.48. The van der Waals surface area contributed by atoms with Gasteiger partial charge in [0.2, 0.25) is 0 Å². The van der Waals surface area contributed by atoms with Crippen LogP contribution in [0.25, 0.3) is 11.0 Å². The SMILES string of the molecule is Cc1c[nH]c2ncnc(N3CCN(C(=O)Nc4cccc(OCC(=O)N(C)C)c4)[C@@H](C)C3)c12. The fourth-order valence-electron chi connectivity index (χ4n) is 3.92. The Morgan fingerprint density at radius 1 is 1.27 bits per heavy atom. The Morgan fingerprint density at radius 2 is 2.09 bits per heavy atom. The molecule has 1 aliphatic heterocycles. The summed E-state index contributed by atoms with van der Waals surface area (Å²) in [4.78, 5) is 42.2. The van der Waals surface area contributed by atoms with Gasteiger partial charge in [0.05, 0.1) is 5.39 Å². The van der Waals surface area contributed by atoms with Crippen molar-refractivity contribution in [3.63, 3.8) is 0 Å². The topological polar surface area (TPSA) is 107 Å². The number of anilines is 2. The Bertz CT molecular complexity index is 1160. The van der Waals surface area contributed by atoms with Crippen molar-refractivity contribution in [3.8, 4) is 5.75 Å². The second-order valence-corrected chi connectivity index (χ2v) is 8.42. The number of rotatable bonds is 5. The molecule has 0 aliphatic carbocycles. The van der Waals surface area contributed by atoms with Crippen LogP contribution in [0.2, 0.25) is 0 Å². The lowest BCUT2D eigenvalue weighted by molar-refractivity contribution is -0.130. The zero-order chi connectivity index (χ0) is 23.5. The first kappa shape index (κ1) is 22.4. The van der Waals surface area contributed by atoms with Crippen LogP contribution in [0.4, 0.5) is 16.3 Å². The highest BCUT2D eigenvalue weighted by atomic mass is 16.5. The molecule has 2 N–H and O–H groups in total. The van der Waals surface area contributed by atoms with Crippen LogP contribution >= 0.6 is 0 Å². The van der Waals surface area contributed by atoms with Crippen molar-refractivity contribution in [2.45, 2.75) is 19.9 Å². The van der Waals surface area contributed by atoms with Gasteiger partial charge in [0.1, 0.15) is 23.5 Å². The monoisotopic (exact) mass is 451 g/mol. The molecular weight excluding hydrogens is 422 g/mol. The van der Waals surface area contributed by atoms with E-state index >= 15 is 0 Å². The van der Waals surface area contributed by atoms with Crippen molar-refractivity contribution in [1.82, 2.24) is 24.8 Å². The van der Waals surface area contributed by atoms with Crippen LogP contribution in [-0.2, 0) is 4.79 Å². The van der Waals surface area contributed by atoms with E-state index in [2.05, 4.69) is 25.2 Å². The van der Waals surface area contributed by atoms with Gasteiger partial charge in [-0.05, 0) is 31.5 Å². The fraction of sp³-hybridized carbons (Fsp3) is 0.391. The normalized spacial score (nSPS) is 16.1. The highest BCUT2D eigenvalue weighted by Crippen LogP contribution is 2.28. The molecule has 1 fully saturated rings. The number of likely N-dealkylation sites (N-methyl/N-ethyl adjacent to an activating group) is 1. The molecule has 0 bridgehead atoms. The Hall–Kier alpha value is -3.82. The van der Waals surface area contributed by atoms with Crippen LogP contribution in [-0.4, -0.2) is 83.1 Å². The van der Waals surface area contributed by atoms with Gasteiger partial charge in [0.25, 0.3) is 5.91 Å². The Balaban J connectivity index is 1.39. The summed E-state index contributed by atoms with van der Waals surface area (Å²) in [5.41, 5.74) is 2.53. The van der Waals surface area contributed by atoms with Gasteiger partial charge in [-0.3, -0.25) is 4.79 Å². The van der Waals surface area contributed by atoms with E-state index in [-0.39, 0.29) is 24.6 Å². The molecule has 1 atom stereocenters. The highest BCUT2D eigenvalue weighted by Gasteiger charge is 2.29. The number of fused-ring (bicyclic) bond motifs is 1. The van der Waals surface area contributed by atoms with Gasteiger partial charge in [0, 0.05) is 57.7 Å². The first-order valence-corrected chi connectivity index (χ1v) is 10.9. The zero-order valence-corrected chi connectivity index (χ0v) is 19.3. The number of carbonyl (C=O) groups is 2. The van der Waals surface area contributed by atoms with Crippen molar-refractivity contribution in [2.24, 2.45) is 0 Å². The summed E-state index contributed by atoms with van der Waals surface area (Å²) in [6.07, 6.45) is 3.50. The van der Waals surface area contributed by atoms with Crippen molar-refractivity contribution >= 4 is 34.5 Å². The molecule has 1 saturated heterocycles. The third-order valence-corrected chi connectivity index (χ3v) is 5.78. The lowest BCUT2D eigenvalue weighted by Gasteiger charge is -2.40. The first-order valence-electron chi connectivity index (χ1n) is 10.9. The maximum atomic E-state index is 13.0. The average Bonchev–Trinajstić information content (AvgIpc) is 3.18. The molecule has 10 nitrogen and oxygen atoms in total. The van der Waals surface area contributed by atoms with Crippen LogP contribution in [0.5, 0.6) is 5.75 Å². The number of aromatic nitrogens is 3. The number of urea groups is 1. The Labute approximate surface area is 192 Å². The lowest BCUT2D eigenvalue weighted by atomic mass is 10.1. The molecule has 0 radical (unpaired) electrons. The predicted molar refractivity (Wildman–Crippen MR) is 127 cm³/mol. The number of nitrogens with zero attached hydrogens (tertiary/aromatic N) is 5. The smallest absolute Gasteiger partial charge is 0.322 e. The fourth-order valence-corrected chi connectivity index (χ4v) is 3.92. The second kappa shape index (κ2) is 9.35. The van der Waals surface area contributed by atoms with Crippen molar-refractivity contribution in [1.29, 1.82) is 0 Å². The van der Waals surface area contributed by atoms with Gasteiger partial charge in [-0.15, -0.1) is 0 Å². The minimum absolute atomic E-state index is 0.0137. The molecule has 0 unspecified atom stereocenters. The highest BCUT2D eigenvalue weighted by molar-refractivity contribution is 5.92. The number of carbonyl (C=O) groups excluding carboxylic acids is 2. The molecule has 2 aromatic heterocycles. The number of aromatic amines is 1. The summed E-state index contributed by atoms with van der Waals surface area (Å²) in [7, 11) is 3.35. The number of aryl methyl sites for hydroxylation is 1. The number of nitrogens with one attached hydrogen (secondary N) is 2. The maximum absolute atomic E-state index is 13.0. The second-order valence-electron chi connectivity index (χ2n) is 8.42. The molecule has 174 valence electrons. The maximum Gasteiger partial charge on any atom is 0.322 e. The van der Waals surface area contributed by atoms with Gasteiger partial charge in [-0.1, -0.05) is 6.07 Å². The summed E-state index contributed by atoms with van der Waals surface area (Å²) in [5, 5.41) is 3.97. The molecule has 3 aromatic rings. The minimum atomic E-state index is -0.172. The molecule has 4 rings (SSSR count). The van der Waals surface area contributed by atoms with Crippen LogP contribution in [0.1, 0.15) is 12.5 Å². The van der Waals surface area contributed by atoms with E-state index in [0.29, 0.717) is 31.1 Å². The number of H-pyrrole nitrogens is 1. The van der Waals surface area contributed by atoms with Crippen LogP contribution < -0.4 is 15.0 Å². The van der Waals surface area contributed by atoms with Crippen LogP contribution in [0.3, 0.4) is 0 Å². The Morgan fingerprint density at radius 3 is 2.85 bits per heavy atom. The molecule has 0 spiro atoms. The van der Waals surface area contributed by atoms with E-state index in [1.807, 2.05) is 24.9 Å². The zero-order valence-electron chi connectivity index (χ0n) is 19.3. The quantitative estimate of drug-likeness (QED) is 0.617. The van der Waals surface area contributed by atoms with Gasteiger partial charge in [0.15, 0.2) is 6.61 Å². The molecule has 1 aromatic carbocycles. The number of hydrogen-bond acceptors (Lipinski definition) is 6. The molecule has 33 heavy (non-hydrogen) atoms. The van der Waals surface area contributed by atoms with Crippen molar-refractivity contribution < 1.29 is 14.3 Å². The van der Waals surface area contributed by atoms with E-state index in [4.69, 9.17) is 4.74 Å². The average molecular weight is 452 g/mol. The molecule has 3 amide bonds. The molecule has 1 aliphatic rings. The van der Waals surface area contributed by atoms with Crippen LogP contribution in [0.15, 0.2) is 36.8 Å². The first-order chi connectivity index (χ1) is 15.8. The summed E-state index contributed by atoms with van der Waals surface area (Å²) in [5.74, 6) is 1.28. The molecule has 10 heteroatoms. The number of piperazine rings is 1. The van der Waals surface area contributed by atoms with Crippen molar-refractivity contribution in [2.75, 3.05) is 50.6 Å². The van der Waals surface area contributed by atoms with E-state index in [0.717, 1.165) is 22.4 Å². The number of benzene rings is 1. The third kappa shape index (κ3) is 4.84. The Kier molecular flexibility index (Phi) is 6.34. The molecule has 0 saturated carbocycles. The van der Waals surface area contributed by atoms with E-state index in [9.17, 15) is 9.59 Å². The number of amides is 3. The van der Waals surface area contributed by atoms with Crippen molar-refractivity contribution in [3.05, 3.63) is 42.4 Å². The van der Waals surface area contributed by atoms with Gasteiger partial charge < -0.3 is 29.7 Å². The third-order valence-electron chi connectivity index (χ3n) is 5.78. The van der Waals surface area contributed by atoms with E-state index < -0.39 is 0 Å². The van der Waals surface area contributed by atoms with Gasteiger partial charge in [-0.2, -0.15) is 0 Å². The standard InChI is InChI=1S/C23H29N7O3/c1-15-11-24-21-20(15)22(26-14-25-21)29-8-9-30(16(2)12-29)23(32)27-17-6-5-7-18(10-17)33-13-19(31)28(3)4/h5-7,10-11,14,16H,8-9,12-13H2,1-4H3,(H,27,32)(H,24,25,26)/t16-/m0/s1.